The summed E-state index contributed by atoms with van der Waals surface area (Å²) in [6, 6.07) is 0.227. The Kier molecular flexibility index (Phi) is 4.12. The zero-order valence-electron chi connectivity index (χ0n) is 9.40. The summed E-state index contributed by atoms with van der Waals surface area (Å²) in [6.07, 6.45) is 2.56. The lowest BCUT2D eigenvalue weighted by Gasteiger charge is -2.38. The Morgan fingerprint density at radius 3 is 2.80 bits per heavy atom. The predicted molar refractivity (Wildman–Crippen MR) is 56.4 cm³/mol. The van der Waals surface area contributed by atoms with Crippen LogP contribution in [0, 0.1) is 5.92 Å². The number of carbonyl (C=O) groups excluding carboxylic acids is 1. The minimum Gasteiger partial charge on any atom is -0.481 e. The van der Waals surface area contributed by atoms with E-state index in [0.29, 0.717) is 18.9 Å². The number of amides is 1. The van der Waals surface area contributed by atoms with Crippen molar-refractivity contribution in [2.75, 3.05) is 6.54 Å². The van der Waals surface area contributed by atoms with Gasteiger partial charge >= 0.3 is 5.97 Å². The first-order chi connectivity index (χ1) is 7.02. The molecule has 1 saturated heterocycles. The molecule has 1 atom stereocenters. The molecule has 1 aliphatic heterocycles. The van der Waals surface area contributed by atoms with Crippen LogP contribution in [0.1, 0.15) is 39.5 Å². The quantitative estimate of drug-likeness (QED) is 0.769. The third-order valence-corrected chi connectivity index (χ3v) is 2.95. The van der Waals surface area contributed by atoms with Gasteiger partial charge in [-0.05, 0) is 18.8 Å². The van der Waals surface area contributed by atoms with Crippen molar-refractivity contribution in [3.63, 3.8) is 0 Å². The van der Waals surface area contributed by atoms with Crippen LogP contribution in [0.5, 0.6) is 0 Å². The van der Waals surface area contributed by atoms with Crippen LogP contribution in [0.2, 0.25) is 0 Å². The van der Waals surface area contributed by atoms with E-state index in [4.69, 9.17) is 5.11 Å². The summed E-state index contributed by atoms with van der Waals surface area (Å²) in [5, 5.41) is 8.62. The minimum atomic E-state index is -0.837. The van der Waals surface area contributed by atoms with E-state index in [1.165, 1.54) is 0 Å². The van der Waals surface area contributed by atoms with Crippen LogP contribution < -0.4 is 0 Å². The van der Waals surface area contributed by atoms with Crippen molar-refractivity contribution in [1.82, 2.24) is 4.90 Å². The molecule has 1 fully saturated rings. The normalized spacial score (nSPS) is 22.2. The number of carboxylic acids is 1. The molecule has 15 heavy (non-hydrogen) atoms. The third-order valence-electron chi connectivity index (χ3n) is 2.95. The maximum Gasteiger partial charge on any atom is 0.305 e. The van der Waals surface area contributed by atoms with Crippen LogP contribution in [-0.2, 0) is 9.59 Å². The number of rotatable bonds is 4. The van der Waals surface area contributed by atoms with Crippen molar-refractivity contribution in [2.45, 2.75) is 45.6 Å². The Bertz CT molecular complexity index is 250. The van der Waals surface area contributed by atoms with Crippen molar-refractivity contribution >= 4 is 11.9 Å². The Morgan fingerprint density at radius 1 is 1.60 bits per heavy atom. The van der Waals surface area contributed by atoms with Crippen molar-refractivity contribution in [3.8, 4) is 0 Å². The second-order valence-corrected chi connectivity index (χ2v) is 4.43. The number of carbonyl (C=O) groups is 2. The summed E-state index contributed by atoms with van der Waals surface area (Å²) in [4.78, 5) is 23.9. The molecule has 1 N–H and O–H groups in total. The molecule has 1 amide bonds. The Labute approximate surface area is 90.3 Å². The van der Waals surface area contributed by atoms with Crippen molar-refractivity contribution < 1.29 is 14.7 Å². The van der Waals surface area contributed by atoms with Gasteiger partial charge in [0.25, 0.3) is 0 Å². The highest BCUT2D eigenvalue weighted by atomic mass is 16.4. The summed E-state index contributed by atoms with van der Waals surface area (Å²) >= 11 is 0. The second kappa shape index (κ2) is 5.14. The highest BCUT2D eigenvalue weighted by Crippen LogP contribution is 2.23. The number of hydrogen-bond acceptors (Lipinski definition) is 2. The summed E-state index contributed by atoms with van der Waals surface area (Å²) in [6.45, 7) is 4.52. The largest absolute Gasteiger partial charge is 0.481 e. The standard InChI is InChI=1S/C11H19NO3/c1-8(2)9-4-3-5-10(13)12(9)7-6-11(14)15/h8-9H,3-7H2,1-2H3,(H,14,15). The van der Waals surface area contributed by atoms with Gasteiger partial charge in [0, 0.05) is 19.0 Å². The van der Waals surface area contributed by atoms with E-state index in [1.54, 1.807) is 4.90 Å². The summed E-state index contributed by atoms with van der Waals surface area (Å²) in [5.41, 5.74) is 0. The molecular weight excluding hydrogens is 194 g/mol. The van der Waals surface area contributed by atoms with E-state index < -0.39 is 5.97 Å². The molecule has 4 nitrogen and oxygen atoms in total. The summed E-state index contributed by atoms with van der Waals surface area (Å²) in [7, 11) is 0. The van der Waals surface area contributed by atoms with Gasteiger partial charge in [-0.25, -0.2) is 0 Å². The van der Waals surface area contributed by atoms with E-state index in [1.807, 2.05) is 0 Å². The molecule has 86 valence electrons. The third kappa shape index (κ3) is 3.22. The van der Waals surface area contributed by atoms with Gasteiger partial charge in [0.05, 0.1) is 6.42 Å². The summed E-state index contributed by atoms with van der Waals surface area (Å²) in [5.74, 6) is -0.319. The minimum absolute atomic E-state index is 0.0506. The average molecular weight is 213 g/mol. The predicted octanol–water partition coefficient (Wildman–Crippen LogP) is 1.50. The van der Waals surface area contributed by atoms with E-state index in [0.717, 1.165) is 12.8 Å². The number of piperidine rings is 1. The fraction of sp³-hybridized carbons (Fsp3) is 0.818. The molecule has 0 bridgehead atoms. The zero-order chi connectivity index (χ0) is 11.4. The van der Waals surface area contributed by atoms with Crippen LogP contribution in [-0.4, -0.2) is 34.5 Å². The average Bonchev–Trinajstić information content (AvgIpc) is 2.15. The van der Waals surface area contributed by atoms with Crippen LogP contribution >= 0.6 is 0 Å². The van der Waals surface area contributed by atoms with Crippen molar-refractivity contribution in [3.05, 3.63) is 0 Å². The number of carboxylic acid groups (broad SMARTS) is 1. The molecule has 0 aromatic carbocycles. The lowest BCUT2D eigenvalue weighted by atomic mass is 9.92. The molecule has 0 aliphatic carbocycles. The smallest absolute Gasteiger partial charge is 0.305 e. The second-order valence-electron chi connectivity index (χ2n) is 4.43. The van der Waals surface area contributed by atoms with Crippen LogP contribution in [0.15, 0.2) is 0 Å². The highest BCUT2D eigenvalue weighted by molar-refractivity contribution is 5.78. The van der Waals surface area contributed by atoms with Crippen molar-refractivity contribution in [1.29, 1.82) is 0 Å². The SMILES string of the molecule is CC(C)C1CCCC(=O)N1CCC(=O)O. The Balaban J connectivity index is 2.60. The first kappa shape index (κ1) is 12.0. The van der Waals surface area contributed by atoms with E-state index >= 15 is 0 Å². The van der Waals surface area contributed by atoms with Gasteiger partial charge < -0.3 is 10.0 Å². The molecule has 0 spiro atoms. The maximum atomic E-state index is 11.7. The van der Waals surface area contributed by atoms with Gasteiger partial charge in [0.1, 0.15) is 0 Å². The Morgan fingerprint density at radius 2 is 2.27 bits per heavy atom. The highest BCUT2D eigenvalue weighted by Gasteiger charge is 2.29. The van der Waals surface area contributed by atoms with Gasteiger partial charge in [-0.2, -0.15) is 0 Å². The number of nitrogens with zero attached hydrogens (tertiary/aromatic N) is 1. The molecule has 0 aromatic rings. The molecular formula is C11H19NO3. The monoisotopic (exact) mass is 213 g/mol. The number of aliphatic carboxylic acids is 1. The van der Waals surface area contributed by atoms with Gasteiger partial charge in [-0.1, -0.05) is 13.8 Å². The van der Waals surface area contributed by atoms with E-state index in [2.05, 4.69) is 13.8 Å². The van der Waals surface area contributed by atoms with Gasteiger partial charge in [-0.3, -0.25) is 9.59 Å². The summed E-state index contributed by atoms with van der Waals surface area (Å²) < 4.78 is 0. The maximum absolute atomic E-state index is 11.7. The number of hydrogen-bond donors (Lipinski definition) is 1. The molecule has 1 heterocycles. The topological polar surface area (TPSA) is 57.6 Å². The van der Waals surface area contributed by atoms with E-state index in [-0.39, 0.29) is 18.4 Å². The van der Waals surface area contributed by atoms with Gasteiger partial charge in [0.2, 0.25) is 5.91 Å². The molecule has 4 heteroatoms. The Hall–Kier alpha value is -1.06. The van der Waals surface area contributed by atoms with Crippen LogP contribution in [0.25, 0.3) is 0 Å². The molecule has 0 radical (unpaired) electrons. The lowest BCUT2D eigenvalue weighted by Crippen LogP contribution is -2.47. The van der Waals surface area contributed by atoms with Gasteiger partial charge in [-0.15, -0.1) is 0 Å². The van der Waals surface area contributed by atoms with Gasteiger partial charge in [0.15, 0.2) is 0 Å². The molecule has 0 aromatic heterocycles. The molecule has 1 unspecified atom stereocenters. The fourth-order valence-electron chi connectivity index (χ4n) is 2.15. The van der Waals surface area contributed by atoms with E-state index in [9.17, 15) is 9.59 Å². The fourth-order valence-corrected chi connectivity index (χ4v) is 2.15. The molecule has 0 saturated carbocycles. The lowest BCUT2D eigenvalue weighted by molar-refractivity contribution is -0.141. The first-order valence-corrected chi connectivity index (χ1v) is 5.53. The van der Waals surface area contributed by atoms with Crippen LogP contribution in [0.4, 0.5) is 0 Å². The zero-order valence-corrected chi connectivity index (χ0v) is 9.40. The van der Waals surface area contributed by atoms with Crippen LogP contribution in [0.3, 0.4) is 0 Å². The molecule has 1 aliphatic rings. The number of likely N-dealkylation sites (tertiary alicyclic amines) is 1. The molecule has 1 rings (SSSR count). The first-order valence-electron chi connectivity index (χ1n) is 5.53. The van der Waals surface area contributed by atoms with Crippen molar-refractivity contribution in [2.24, 2.45) is 5.92 Å².